The number of aliphatic imine (C=N–C) groups is 1. The first kappa shape index (κ1) is 16.6. The van der Waals surface area contributed by atoms with Crippen molar-refractivity contribution in [1.82, 2.24) is 15.0 Å². The third-order valence-electron chi connectivity index (χ3n) is 3.54. The van der Waals surface area contributed by atoms with Crippen molar-refractivity contribution in [3.8, 4) is 0 Å². The van der Waals surface area contributed by atoms with Gasteiger partial charge in [-0.05, 0) is 32.4 Å². The first-order chi connectivity index (χ1) is 10.4. The molecule has 7 nitrogen and oxygen atoms in total. The topological polar surface area (TPSA) is 89.5 Å². The highest BCUT2D eigenvalue weighted by Gasteiger charge is 2.23. The number of nitrogens with zero attached hydrogens (tertiary/aromatic N) is 5. The molecule has 0 amide bonds. The minimum absolute atomic E-state index is 0.140. The Kier molecular flexibility index (Phi) is 5.31. The van der Waals surface area contributed by atoms with Crippen LogP contribution in [-0.4, -0.2) is 53.5 Å². The molecule has 1 aromatic heterocycles. The van der Waals surface area contributed by atoms with Gasteiger partial charge >= 0.3 is 0 Å². The first-order valence-electron chi connectivity index (χ1n) is 7.10. The number of rotatable bonds is 3. The minimum atomic E-state index is 0.140. The number of aromatic nitrogens is 3. The third-order valence-corrected chi connectivity index (χ3v) is 3.71. The fourth-order valence-electron chi connectivity index (χ4n) is 2.34. The summed E-state index contributed by atoms with van der Waals surface area (Å²) >= 11 is 6.09. The van der Waals surface area contributed by atoms with Crippen molar-refractivity contribution in [3.05, 3.63) is 16.8 Å². The van der Waals surface area contributed by atoms with Gasteiger partial charge in [0.2, 0.25) is 11.2 Å². The first-order valence-corrected chi connectivity index (χ1v) is 7.48. The average molecular weight is 325 g/mol. The van der Waals surface area contributed by atoms with Crippen molar-refractivity contribution in [3.63, 3.8) is 0 Å². The van der Waals surface area contributed by atoms with E-state index in [-0.39, 0.29) is 11.3 Å². The van der Waals surface area contributed by atoms with Gasteiger partial charge in [-0.1, -0.05) is 0 Å². The Morgan fingerprint density at radius 2 is 2.09 bits per heavy atom. The molecule has 1 saturated heterocycles. The fourth-order valence-corrected chi connectivity index (χ4v) is 2.50. The van der Waals surface area contributed by atoms with Gasteiger partial charge in [0.05, 0.1) is 24.8 Å². The van der Waals surface area contributed by atoms with Crippen LogP contribution in [0, 0.1) is 0 Å². The second-order valence-electron chi connectivity index (χ2n) is 5.21. The van der Waals surface area contributed by atoms with E-state index in [0.717, 1.165) is 5.71 Å². The summed E-state index contributed by atoms with van der Waals surface area (Å²) in [4.78, 5) is 19.2. The zero-order valence-electron chi connectivity index (χ0n) is 13.3. The molecule has 1 fully saturated rings. The third kappa shape index (κ3) is 3.53. The van der Waals surface area contributed by atoms with Crippen LogP contribution in [0.25, 0.3) is 5.57 Å². The van der Waals surface area contributed by atoms with E-state index in [9.17, 15) is 0 Å². The Morgan fingerprint density at radius 1 is 1.36 bits per heavy atom. The largest absolute Gasteiger partial charge is 0.402 e. The summed E-state index contributed by atoms with van der Waals surface area (Å²) in [6.07, 6.45) is 0. The molecular formula is C14H21ClN6O. The maximum absolute atomic E-state index is 6.09. The Labute approximate surface area is 135 Å². The van der Waals surface area contributed by atoms with Gasteiger partial charge in [0.15, 0.2) is 5.82 Å². The molecule has 22 heavy (non-hydrogen) atoms. The zero-order valence-corrected chi connectivity index (χ0v) is 14.1. The van der Waals surface area contributed by atoms with E-state index in [1.165, 1.54) is 0 Å². The SMILES string of the molecule is CN=C(C)C(=C(C)N)c1nc(Cl)nc(N2CCOC[C@H]2C)n1. The molecule has 0 saturated carbocycles. The van der Waals surface area contributed by atoms with Crippen molar-refractivity contribution in [1.29, 1.82) is 0 Å². The summed E-state index contributed by atoms with van der Waals surface area (Å²) < 4.78 is 5.44. The molecule has 1 atom stereocenters. The van der Waals surface area contributed by atoms with E-state index >= 15 is 0 Å². The number of allylic oxidation sites excluding steroid dienone is 2. The Morgan fingerprint density at radius 3 is 2.68 bits per heavy atom. The molecule has 0 aliphatic carbocycles. The van der Waals surface area contributed by atoms with Crippen molar-refractivity contribution < 1.29 is 4.74 Å². The van der Waals surface area contributed by atoms with Crippen LogP contribution in [0.1, 0.15) is 26.6 Å². The van der Waals surface area contributed by atoms with Crippen LogP contribution in [0.4, 0.5) is 5.95 Å². The van der Waals surface area contributed by atoms with E-state index in [1.54, 1.807) is 14.0 Å². The minimum Gasteiger partial charge on any atom is -0.402 e. The number of halogens is 1. The molecule has 0 aromatic carbocycles. The van der Waals surface area contributed by atoms with Gasteiger partial charge in [0, 0.05) is 25.0 Å². The van der Waals surface area contributed by atoms with Gasteiger partial charge in [-0.25, -0.2) is 0 Å². The normalized spacial score (nSPS) is 20.9. The highest BCUT2D eigenvalue weighted by atomic mass is 35.5. The standard InChI is InChI=1S/C14H21ClN6O/c1-8-7-22-6-5-21(8)14-19-12(18-13(15)20-14)11(9(2)16)10(3)17-4/h8H,5-7,16H2,1-4H3/t8-/m1/s1. The van der Waals surface area contributed by atoms with Crippen molar-refractivity contribution in [2.24, 2.45) is 10.7 Å². The quantitative estimate of drug-likeness (QED) is 0.848. The number of hydrogen-bond donors (Lipinski definition) is 1. The maximum atomic E-state index is 6.09. The van der Waals surface area contributed by atoms with Gasteiger partial charge < -0.3 is 15.4 Å². The predicted molar refractivity (Wildman–Crippen MR) is 88.3 cm³/mol. The van der Waals surface area contributed by atoms with Crippen LogP contribution in [0.2, 0.25) is 5.28 Å². The predicted octanol–water partition coefficient (Wildman–Crippen LogP) is 1.53. The number of morpholine rings is 1. The maximum Gasteiger partial charge on any atom is 0.230 e. The highest BCUT2D eigenvalue weighted by Crippen LogP contribution is 2.21. The van der Waals surface area contributed by atoms with Crippen LogP contribution >= 0.6 is 11.6 Å². The number of ether oxygens (including phenoxy) is 1. The molecule has 2 N–H and O–H groups in total. The molecule has 8 heteroatoms. The average Bonchev–Trinajstić information content (AvgIpc) is 2.46. The summed E-state index contributed by atoms with van der Waals surface area (Å²) in [6, 6.07) is 0.174. The molecule has 1 aliphatic rings. The summed E-state index contributed by atoms with van der Waals surface area (Å²) in [6.45, 7) is 7.69. The molecule has 2 rings (SSSR count). The van der Waals surface area contributed by atoms with Crippen LogP contribution in [0.3, 0.4) is 0 Å². The van der Waals surface area contributed by atoms with Gasteiger partial charge in [-0.3, -0.25) is 4.99 Å². The number of nitrogens with two attached hydrogens (primary N) is 1. The van der Waals surface area contributed by atoms with Crippen molar-refractivity contribution in [2.75, 3.05) is 31.7 Å². The lowest BCUT2D eigenvalue weighted by Gasteiger charge is -2.33. The summed E-state index contributed by atoms with van der Waals surface area (Å²) in [5, 5.41) is 0.140. The van der Waals surface area contributed by atoms with Crippen molar-refractivity contribution in [2.45, 2.75) is 26.8 Å². The van der Waals surface area contributed by atoms with Crippen LogP contribution in [0.5, 0.6) is 0 Å². The van der Waals surface area contributed by atoms with E-state index < -0.39 is 0 Å². The van der Waals surface area contributed by atoms with E-state index in [0.29, 0.717) is 42.8 Å². The van der Waals surface area contributed by atoms with Gasteiger partial charge in [-0.15, -0.1) is 0 Å². The lowest BCUT2D eigenvalue weighted by atomic mass is 10.1. The van der Waals surface area contributed by atoms with E-state index in [2.05, 4.69) is 31.8 Å². The second kappa shape index (κ2) is 7.02. The smallest absolute Gasteiger partial charge is 0.230 e. The van der Waals surface area contributed by atoms with Crippen LogP contribution < -0.4 is 10.6 Å². The van der Waals surface area contributed by atoms with E-state index in [1.807, 2.05) is 6.92 Å². The molecule has 2 heterocycles. The molecule has 0 unspecified atom stereocenters. The van der Waals surface area contributed by atoms with Gasteiger partial charge in [0.25, 0.3) is 0 Å². The van der Waals surface area contributed by atoms with Gasteiger partial charge in [-0.2, -0.15) is 15.0 Å². The molecule has 1 aromatic rings. The highest BCUT2D eigenvalue weighted by molar-refractivity contribution is 6.28. The monoisotopic (exact) mass is 324 g/mol. The molecule has 0 bridgehead atoms. The lowest BCUT2D eigenvalue weighted by Crippen LogP contribution is -2.44. The van der Waals surface area contributed by atoms with Crippen molar-refractivity contribution >= 4 is 28.8 Å². The van der Waals surface area contributed by atoms with Crippen LogP contribution in [0.15, 0.2) is 10.7 Å². The lowest BCUT2D eigenvalue weighted by molar-refractivity contribution is 0.0980. The molecule has 120 valence electrons. The molecular weight excluding hydrogens is 304 g/mol. The van der Waals surface area contributed by atoms with E-state index in [4.69, 9.17) is 22.1 Å². The van der Waals surface area contributed by atoms with Crippen LogP contribution in [-0.2, 0) is 4.74 Å². The molecule has 0 radical (unpaired) electrons. The fraction of sp³-hybridized carbons (Fsp3) is 0.571. The Balaban J connectivity index is 2.48. The number of hydrogen-bond acceptors (Lipinski definition) is 7. The Bertz CT molecular complexity index is 611. The summed E-state index contributed by atoms with van der Waals surface area (Å²) in [7, 11) is 1.70. The molecule has 0 spiro atoms. The molecule has 1 aliphatic heterocycles. The van der Waals surface area contributed by atoms with Gasteiger partial charge in [0.1, 0.15) is 0 Å². The number of anilines is 1. The zero-order chi connectivity index (χ0) is 16.3. The second-order valence-corrected chi connectivity index (χ2v) is 5.55. The Hall–Kier alpha value is -1.73. The summed E-state index contributed by atoms with van der Waals surface area (Å²) in [5.74, 6) is 0.977. The summed E-state index contributed by atoms with van der Waals surface area (Å²) in [5.41, 5.74) is 8.00.